The fraction of sp³-hybridized carbons (Fsp3) is 0.440. The average molecular weight is 471 g/mol. The molecule has 1 aromatic carbocycles. The van der Waals surface area contributed by atoms with Gasteiger partial charge in [-0.15, -0.1) is 0 Å². The predicted molar refractivity (Wildman–Crippen MR) is 123 cm³/mol. The highest BCUT2D eigenvalue weighted by molar-refractivity contribution is 6.06. The number of nitrogens with one attached hydrogen (secondary N) is 2. The molecule has 0 bridgehead atoms. The van der Waals surface area contributed by atoms with Crippen LogP contribution < -0.4 is 10.6 Å². The fourth-order valence-corrected chi connectivity index (χ4v) is 4.26. The number of dihydropyridines is 1. The van der Waals surface area contributed by atoms with Gasteiger partial charge in [0.15, 0.2) is 6.61 Å². The quantitative estimate of drug-likeness (QED) is 0.439. The van der Waals surface area contributed by atoms with Crippen molar-refractivity contribution in [2.24, 2.45) is 5.92 Å². The second-order valence-electron chi connectivity index (χ2n) is 8.07. The van der Waals surface area contributed by atoms with Crippen LogP contribution in [0.4, 0.5) is 5.69 Å². The summed E-state index contributed by atoms with van der Waals surface area (Å²) in [6.07, 6.45) is 3.09. The van der Waals surface area contributed by atoms with E-state index in [0.29, 0.717) is 17.1 Å². The summed E-state index contributed by atoms with van der Waals surface area (Å²) in [5.74, 6) is -4.35. The number of hydrogen-bond donors (Lipinski definition) is 2. The third kappa shape index (κ3) is 5.47. The van der Waals surface area contributed by atoms with Gasteiger partial charge < -0.3 is 24.8 Å². The first-order chi connectivity index (χ1) is 16.3. The van der Waals surface area contributed by atoms with Crippen molar-refractivity contribution in [1.82, 2.24) is 5.32 Å². The number of allylic oxidation sites excluding steroid dienone is 2. The lowest BCUT2D eigenvalue weighted by molar-refractivity contribution is -0.153. The molecule has 2 aliphatic rings. The number of carbonyl (C=O) groups excluding carboxylic acids is 4. The molecule has 0 aromatic heterocycles. The largest absolute Gasteiger partial charge is 0.463 e. The first-order valence-corrected chi connectivity index (χ1v) is 11.4. The molecule has 0 atom stereocenters. The molecule has 182 valence electrons. The van der Waals surface area contributed by atoms with Gasteiger partial charge in [-0.2, -0.15) is 0 Å². The lowest BCUT2D eigenvalue weighted by atomic mass is 9.85. The molecule has 1 aromatic rings. The minimum absolute atomic E-state index is 0.0560. The first-order valence-electron chi connectivity index (χ1n) is 11.4. The van der Waals surface area contributed by atoms with Crippen LogP contribution in [0.25, 0.3) is 0 Å². The van der Waals surface area contributed by atoms with Crippen molar-refractivity contribution in [2.45, 2.75) is 47.0 Å². The number of carbonyl (C=O) groups is 4. The molecular formula is C25H30N2O7. The Morgan fingerprint density at radius 3 is 2.09 bits per heavy atom. The maximum atomic E-state index is 13.1. The van der Waals surface area contributed by atoms with Crippen molar-refractivity contribution in [1.29, 1.82) is 0 Å². The fourth-order valence-electron chi connectivity index (χ4n) is 4.26. The van der Waals surface area contributed by atoms with E-state index in [1.807, 2.05) is 18.2 Å². The summed E-state index contributed by atoms with van der Waals surface area (Å²) in [6.45, 7) is 6.04. The van der Waals surface area contributed by atoms with E-state index in [-0.39, 0.29) is 24.4 Å². The van der Waals surface area contributed by atoms with Gasteiger partial charge in [0.1, 0.15) is 5.92 Å². The van der Waals surface area contributed by atoms with Crippen LogP contribution >= 0.6 is 0 Å². The van der Waals surface area contributed by atoms with Gasteiger partial charge in [-0.25, -0.2) is 9.59 Å². The molecule has 34 heavy (non-hydrogen) atoms. The van der Waals surface area contributed by atoms with Crippen LogP contribution in [-0.2, 0) is 46.2 Å². The van der Waals surface area contributed by atoms with Gasteiger partial charge in [-0.1, -0.05) is 6.07 Å². The molecule has 1 amide bonds. The van der Waals surface area contributed by atoms with Crippen LogP contribution in [0.1, 0.15) is 45.2 Å². The van der Waals surface area contributed by atoms with Crippen LogP contribution in [0.15, 0.2) is 40.7 Å². The van der Waals surface area contributed by atoms with Gasteiger partial charge >= 0.3 is 17.9 Å². The highest BCUT2D eigenvalue weighted by atomic mass is 16.5. The lowest BCUT2D eigenvalue weighted by Crippen LogP contribution is -2.39. The third-order valence-corrected chi connectivity index (χ3v) is 5.71. The Balaban J connectivity index is 1.77. The number of amides is 1. The normalized spacial score (nSPS) is 15.4. The second-order valence-corrected chi connectivity index (χ2v) is 8.07. The predicted octanol–water partition coefficient (Wildman–Crippen LogP) is 2.55. The van der Waals surface area contributed by atoms with E-state index in [1.165, 1.54) is 11.1 Å². The molecule has 9 heteroatoms. The van der Waals surface area contributed by atoms with Crippen molar-refractivity contribution in [2.75, 3.05) is 25.1 Å². The molecule has 0 saturated heterocycles. The molecule has 1 heterocycles. The van der Waals surface area contributed by atoms with Crippen molar-refractivity contribution in [3.8, 4) is 0 Å². The first kappa shape index (κ1) is 25.0. The van der Waals surface area contributed by atoms with Crippen LogP contribution in [-0.4, -0.2) is 43.6 Å². The molecule has 1 aliphatic carbocycles. The highest BCUT2D eigenvalue weighted by Crippen LogP contribution is 2.32. The third-order valence-electron chi connectivity index (χ3n) is 5.71. The van der Waals surface area contributed by atoms with Gasteiger partial charge in [0.2, 0.25) is 0 Å². The lowest BCUT2D eigenvalue weighted by Gasteiger charge is -2.28. The molecule has 0 saturated carbocycles. The van der Waals surface area contributed by atoms with E-state index < -0.39 is 36.3 Å². The van der Waals surface area contributed by atoms with E-state index in [0.717, 1.165) is 19.3 Å². The number of fused-ring (bicyclic) bond motifs is 1. The Labute approximate surface area is 198 Å². The number of esters is 3. The number of ether oxygens (including phenoxy) is 3. The molecule has 0 radical (unpaired) electrons. The summed E-state index contributed by atoms with van der Waals surface area (Å²) >= 11 is 0. The SMILES string of the molecule is CCOC(=O)C1=C(C)NC(C)=C(C(=O)OCC)C1C(=O)OCC(=O)Nc1ccc2c(c1)CCC2. The van der Waals surface area contributed by atoms with E-state index in [1.54, 1.807) is 27.7 Å². The minimum Gasteiger partial charge on any atom is -0.463 e. The van der Waals surface area contributed by atoms with Gasteiger partial charge in [-0.05, 0) is 70.2 Å². The summed E-state index contributed by atoms with van der Waals surface area (Å²) in [4.78, 5) is 50.9. The van der Waals surface area contributed by atoms with Gasteiger partial charge in [0, 0.05) is 17.1 Å². The zero-order chi connectivity index (χ0) is 24.8. The van der Waals surface area contributed by atoms with Crippen molar-refractivity contribution in [3.63, 3.8) is 0 Å². The number of hydrogen-bond acceptors (Lipinski definition) is 8. The average Bonchev–Trinajstić information content (AvgIpc) is 3.25. The van der Waals surface area contributed by atoms with Gasteiger partial charge in [0.05, 0.1) is 24.4 Å². The standard InChI is InChI=1S/C25H30N2O7/c1-5-32-23(29)20-14(3)26-15(4)21(24(30)33-6-2)22(20)25(31)34-13-19(28)27-18-11-10-16-8-7-9-17(16)12-18/h10-12,22,26H,5-9,13H2,1-4H3,(H,27,28). The summed E-state index contributed by atoms with van der Waals surface area (Å²) in [6, 6.07) is 5.72. The maximum absolute atomic E-state index is 13.1. The van der Waals surface area contributed by atoms with Crippen molar-refractivity contribution >= 4 is 29.5 Å². The number of aryl methyl sites for hydroxylation is 2. The maximum Gasteiger partial charge on any atom is 0.337 e. The number of anilines is 1. The molecule has 9 nitrogen and oxygen atoms in total. The second kappa shape index (κ2) is 11.0. The van der Waals surface area contributed by atoms with Crippen LogP contribution in [0.3, 0.4) is 0 Å². The van der Waals surface area contributed by atoms with Crippen LogP contribution in [0.2, 0.25) is 0 Å². The summed E-state index contributed by atoms with van der Waals surface area (Å²) in [5, 5.41) is 5.65. The van der Waals surface area contributed by atoms with E-state index >= 15 is 0 Å². The van der Waals surface area contributed by atoms with Crippen LogP contribution in [0, 0.1) is 5.92 Å². The molecule has 0 spiro atoms. The molecular weight excluding hydrogens is 440 g/mol. The molecule has 1 aliphatic heterocycles. The molecule has 0 fully saturated rings. The van der Waals surface area contributed by atoms with E-state index in [2.05, 4.69) is 10.6 Å². The molecule has 0 unspecified atom stereocenters. The number of rotatable bonds is 8. The zero-order valence-corrected chi connectivity index (χ0v) is 19.9. The molecule has 2 N–H and O–H groups in total. The minimum atomic E-state index is -1.38. The van der Waals surface area contributed by atoms with Crippen LogP contribution in [0.5, 0.6) is 0 Å². The van der Waals surface area contributed by atoms with Gasteiger partial charge in [0.25, 0.3) is 5.91 Å². The Bertz CT molecular complexity index is 1030. The summed E-state index contributed by atoms with van der Waals surface area (Å²) < 4.78 is 15.5. The summed E-state index contributed by atoms with van der Waals surface area (Å²) in [7, 11) is 0. The van der Waals surface area contributed by atoms with Crippen molar-refractivity contribution < 1.29 is 33.4 Å². The smallest absolute Gasteiger partial charge is 0.337 e. The van der Waals surface area contributed by atoms with E-state index in [9.17, 15) is 19.2 Å². The zero-order valence-electron chi connectivity index (χ0n) is 19.9. The Morgan fingerprint density at radius 2 is 1.50 bits per heavy atom. The monoisotopic (exact) mass is 470 g/mol. The topological polar surface area (TPSA) is 120 Å². The molecule has 3 rings (SSSR count). The highest BCUT2D eigenvalue weighted by Gasteiger charge is 2.42. The Kier molecular flexibility index (Phi) is 8.09. The number of benzene rings is 1. The van der Waals surface area contributed by atoms with E-state index in [4.69, 9.17) is 14.2 Å². The Morgan fingerprint density at radius 1 is 0.912 bits per heavy atom. The summed E-state index contributed by atoms with van der Waals surface area (Å²) in [5.41, 5.74) is 3.69. The van der Waals surface area contributed by atoms with Gasteiger partial charge in [-0.3, -0.25) is 9.59 Å². The Hall–Kier alpha value is -3.62. The van der Waals surface area contributed by atoms with Crippen molar-refractivity contribution in [3.05, 3.63) is 51.9 Å².